The fraction of sp³-hybridized carbons (Fsp3) is 0.800. The van der Waals surface area contributed by atoms with Crippen LogP contribution in [-0.4, -0.2) is 60.9 Å². The van der Waals surface area contributed by atoms with Crippen molar-refractivity contribution in [2.24, 2.45) is 0 Å². The summed E-state index contributed by atoms with van der Waals surface area (Å²) in [6.45, 7) is 3.00. The second kappa shape index (κ2) is 5.81. The molecule has 0 aliphatic carbocycles. The molecule has 0 bridgehead atoms. The number of esters is 1. The van der Waals surface area contributed by atoms with Gasteiger partial charge in [-0.2, -0.15) is 0 Å². The smallest absolute Gasteiger partial charge is 0.329 e. The number of methoxy groups -OCH3 is 1. The molecule has 0 aromatic heterocycles. The van der Waals surface area contributed by atoms with Crippen LogP contribution in [0.25, 0.3) is 0 Å². The first kappa shape index (κ1) is 12.9. The Hall–Kier alpha value is -1.14. The summed E-state index contributed by atoms with van der Waals surface area (Å²) in [6, 6.07) is -0.477. The van der Waals surface area contributed by atoms with Gasteiger partial charge in [-0.05, 0) is 13.0 Å². The quantitative estimate of drug-likeness (QED) is 0.656. The van der Waals surface area contributed by atoms with Crippen LogP contribution in [0.2, 0.25) is 0 Å². The summed E-state index contributed by atoms with van der Waals surface area (Å²) in [6.07, 6.45) is 0.268. The van der Waals surface area contributed by atoms with E-state index in [1.807, 2.05) is 11.8 Å². The van der Waals surface area contributed by atoms with Gasteiger partial charge in [0.15, 0.2) is 0 Å². The Morgan fingerprint density at radius 3 is 2.69 bits per heavy atom. The minimum Gasteiger partial charge on any atom is -0.480 e. The van der Waals surface area contributed by atoms with Crippen LogP contribution >= 0.6 is 0 Å². The molecule has 1 N–H and O–H groups in total. The predicted molar refractivity (Wildman–Crippen MR) is 55.0 cm³/mol. The van der Waals surface area contributed by atoms with Gasteiger partial charge in [0.25, 0.3) is 0 Å². The maximum atomic E-state index is 11.5. The van der Waals surface area contributed by atoms with E-state index in [-0.39, 0.29) is 18.7 Å². The molecule has 1 aliphatic heterocycles. The summed E-state index contributed by atoms with van der Waals surface area (Å²) in [5.74, 6) is -1.40. The van der Waals surface area contributed by atoms with E-state index in [9.17, 15) is 9.59 Å². The molecule has 6 heteroatoms. The van der Waals surface area contributed by atoms with Gasteiger partial charge in [0.2, 0.25) is 0 Å². The summed E-state index contributed by atoms with van der Waals surface area (Å²) in [5, 5.41) is 8.52. The standard InChI is InChI=1S/C10H17NO5/c1-3-11-5-4-7(16-6-8(12)13)9(11)10(14)15-2/h7,9H,3-6H2,1-2H3,(H,12,13)/t7-,9+/m1/s1. The highest BCUT2D eigenvalue weighted by Gasteiger charge is 2.40. The Bertz CT molecular complexity index is 268. The lowest BCUT2D eigenvalue weighted by Crippen LogP contribution is -2.43. The molecule has 1 saturated heterocycles. The average molecular weight is 231 g/mol. The number of aliphatic carboxylic acids is 1. The predicted octanol–water partition coefficient (Wildman–Crippen LogP) is -0.277. The summed E-state index contributed by atoms with van der Waals surface area (Å²) < 4.78 is 9.89. The van der Waals surface area contributed by atoms with Crippen LogP contribution in [0.15, 0.2) is 0 Å². The van der Waals surface area contributed by atoms with Crippen molar-refractivity contribution in [3.63, 3.8) is 0 Å². The first-order valence-corrected chi connectivity index (χ1v) is 5.25. The van der Waals surface area contributed by atoms with Crippen LogP contribution in [0.5, 0.6) is 0 Å². The lowest BCUT2D eigenvalue weighted by Gasteiger charge is -2.24. The van der Waals surface area contributed by atoms with Crippen LogP contribution < -0.4 is 0 Å². The van der Waals surface area contributed by atoms with Gasteiger partial charge in [0.05, 0.1) is 13.2 Å². The minimum absolute atomic E-state index is 0.366. The first-order chi connectivity index (χ1) is 7.60. The summed E-state index contributed by atoms with van der Waals surface area (Å²) in [7, 11) is 1.32. The number of nitrogens with zero attached hydrogens (tertiary/aromatic N) is 1. The molecule has 0 unspecified atom stereocenters. The topological polar surface area (TPSA) is 76.1 Å². The Kier molecular flexibility index (Phi) is 4.70. The van der Waals surface area contributed by atoms with E-state index in [0.717, 1.165) is 6.54 Å². The van der Waals surface area contributed by atoms with Crippen molar-refractivity contribution in [2.45, 2.75) is 25.5 Å². The molecular formula is C10H17NO5. The van der Waals surface area contributed by atoms with Crippen LogP contribution in [0.4, 0.5) is 0 Å². The van der Waals surface area contributed by atoms with Gasteiger partial charge in [-0.3, -0.25) is 9.69 Å². The van der Waals surface area contributed by atoms with Crippen LogP contribution in [0.1, 0.15) is 13.3 Å². The molecule has 1 aliphatic rings. The number of hydrogen-bond donors (Lipinski definition) is 1. The van der Waals surface area contributed by atoms with Gasteiger partial charge in [-0.15, -0.1) is 0 Å². The van der Waals surface area contributed by atoms with Crippen molar-refractivity contribution in [1.29, 1.82) is 0 Å². The van der Waals surface area contributed by atoms with E-state index in [0.29, 0.717) is 13.0 Å². The van der Waals surface area contributed by atoms with Crippen molar-refractivity contribution in [2.75, 3.05) is 26.8 Å². The average Bonchev–Trinajstić information content (AvgIpc) is 2.68. The third-order valence-electron chi connectivity index (χ3n) is 2.72. The molecule has 0 spiro atoms. The number of rotatable bonds is 5. The molecule has 0 aromatic carbocycles. The second-order valence-electron chi connectivity index (χ2n) is 3.63. The van der Waals surface area contributed by atoms with Crippen molar-refractivity contribution in [3.8, 4) is 0 Å². The van der Waals surface area contributed by atoms with Crippen LogP contribution in [0, 0.1) is 0 Å². The van der Waals surface area contributed by atoms with Crippen molar-refractivity contribution in [3.05, 3.63) is 0 Å². The number of carboxylic acids is 1. The molecule has 0 aromatic rings. The maximum Gasteiger partial charge on any atom is 0.329 e. The monoisotopic (exact) mass is 231 g/mol. The van der Waals surface area contributed by atoms with Gasteiger partial charge in [-0.25, -0.2) is 4.79 Å². The highest BCUT2D eigenvalue weighted by atomic mass is 16.5. The fourth-order valence-electron chi connectivity index (χ4n) is 1.95. The number of likely N-dealkylation sites (N-methyl/N-ethyl adjacent to an activating group) is 1. The second-order valence-corrected chi connectivity index (χ2v) is 3.63. The van der Waals surface area contributed by atoms with E-state index < -0.39 is 12.0 Å². The molecule has 0 radical (unpaired) electrons. The number of ether oxygens (including phenoxy) is 2. The number of carboxylic acid groups (broad SMARTS) is 1. The normalized spacial score (nSPS) is 25.6. The molecule has 1 heterocycles. The third kappa shape index (κ3) is 2.93. The van der Waals surface area contributed by atoms with E-state index >= 15 is 0 Å². The van der Waals surface area contributed by atoms with E-state index in [2.05, 4.69) is 0 Å². The Morgan fingerprint density at radius 1 is 1.50 bits per heavy atom. The van der Waals surface area contributed by atoms with Crippen LogP contribution in [0.3, 0.4) is 0 Å². The lowest BCUT2D eigenvalue weighted by molar-refractivity contribution is -0.154. The number of likely N-dealkylation sites (tertiary alicyclic amines) is 1. The lowest BCUT2D eigenvalue weighted by atomic mass is 10.1. The van der Waals surface area contributed by atoms with Crippen molar-refractivity contribution >= 4 is 11.9 Å². The zero-order valence-corrected chi connectivity index (χ0v) is 9.51. The molecule has 16 heavy (non-hydrogen) atoms. The van der Waals surface area contributed by atoms with E-state index in [4.69, 9.17) is 14.6 Å². The summed E-state index contributed by atoms with van der Waals surface area (Å²) in [4.78, 5) is 23.9. The molecule has 2 atom stereocenters. The third-order valence-corrected chi connectivity index (χ3v) is 2.72. The molecule has 6 nitrogen and oxygen atoms in total. The van der Waals surface area contributed by atoms with Gasteiger partial charge in [0, 0.05) is 6.54 Å². The SMILES string of the molecule is CCN1CC[C@@H](OCC(=O)O)[C@H]1C(=O)OC. The van der Waals surface area contributed by atoms with Gasteiger partial charge in [0.1, 0.15) is 12.6 Å². The van der Waals surface area contributed by atoms with E-state index in [1.165, 1.54) is 7.11 Å². The molecular weight excluding hydrogens is 214 g/mol. The highest BCUT2D eigenvalue weighted by Crippen LogP contribution is 2.21. The molecule has 1 fully saturated rings. The number of carbonyl (C=O) groups is 2. The fourth-order valence-corrected chi connectivity index (χ4v) is 1.95. The molecule has 0 saturated carbocycles. The van der Waals surface area contributed by atoms with Gasteiger partial charge >= 0.3 is 11.9 Å². The van der Waals surface area contributed by atoms with Crippen molar-refractivity contribution < 1.29 is 24.2 Å². The van der Waals surface area contributed by atoms with Crippen molar-refractivity contribution in [1.82, 2.24) is 4.90 Å². The first-order valence-electron chi connectivity index (χ1n) is 5.25. The largest absolute Gasteiger partial charge is 0.480 e. The zero-order valence-electron chi connectivity index (χ0n) is 9.51. The Balaban J connectivity index is 2.61. The highest BCUT2D eigenvalue weighted by molar-refractivity contribution is 5.77. The van der Waals surface area contributed by atoms with Gasteiger partial charge < -0.3 is 14.6 Å². The zero-order chi connectivity index (χ0) is 12.1. The number of carbonyl (C=O) groups excluding carboxylic acids is 1. The van der Waals surface area contributed by atoms with E-state index in [1.54, 1.807) is 0 Å². The summed E-state index contributed by atoms with van der Waals surface area (Å²) >= 11 is 0. The molecule has 92 valence electrons. The summed E-state index contributed by atoms with van der Waals surface area (Å²) in [5.41, 5.74) is 0. The Labute approximate surface area is 94.1 Å². The molecule has 0 amide bonds. The minimum atomic E-state index is -1.03. The maximum absolute atomic E-state index is 11.5. The Morgan fingerprint density at radius 2 is 2.19 bits per heavy atom. The van der Waals surface area contributed by atoms with Crippen LogP contribution in [-0.2, 0) is 19.1 Å². The number of hydrogen-bond acceptors (Lipinski definition) is 5. The van der Waals surface area contributed by atoms with Gasteiger partial charge in [-0.1, -0.05) is 6.92 Å². The molecule has 1 rings (SSSR count).